The molecule has 3 aromatic rings. The maximum absolute atomic E-state index is 13.0. The zero-order valence-electron chi connectivity index (χ0n) is 11.9. The molecule has 2 nitrogen and oxygen atoms in total. The van der Waals surface area contributed by atoms with Crippen LogP contribution in [-0.2, 0) is 7.05 Å². The molecular formula is C17H15FN2S. The van der Waals surface area contributed by atoms with E-state index in [0.29, 0.717) is 0 Å². The van der Waals surface area contributed by atoms with Gasteiger partial charge in [0.1, 0.15) is 11.6 Å². The van der Waals surface area contributed by atoms with E-state index in [1.54, 1.807) is 23.9 Å². The van der Waals surface area contributed by atoms with Crippen molar-refractivity contribution < 1.29 is 4.39 Å². The van der Waals surface area contributed by atoms with E-state index in [0.717, 1.165) is 22.6 Å². The van der Waals surface area contributed by atoms with E-state index in [9.17, 15) is 4.39 Å². The molecule has 0 saturated heterocycles. The summed E-state index contributed by atoms with van der Waals surface area (Å²) < 4.78 is 15.0. The minimum atomic E-state index is -0.234. The van der Waals surface area contributed by atoms with Crippen molar-refractivity contribution >= 4 is 11.8 Å². The molecule has 0 bridgehead atoms. The van der Waals surface area contributed by atoms with E-state index >= 15 is 0 Å². The van der Waals surface area contributed by atoms with Crippen LogP contribution in [0.1, 0.15) is 0 Å². The molecule has 0 radical (unpaired) electrons. The fourth-order valence-electron chi connectivity index (χ4n) is 2.23. The van der Waals surface area contributed by atoms with Crippen molar-refractivity contribution in [3.05, 3.63) is 60.5 Å². The van der Waals surface area contributed by atoms with E-state index in [2.05, 4.69) is 35.5 Å². The van der Waals surface area contributed by atoms with Crippen molar-refractivity contribution in [1.29, 1.82) is 0 Å². The van der Waals surface area contributed by atoms with Gasteiger partial charge < -0.3 is 4.57 Å². The number of halogens is 1. The Morgan fingerprint density at radius 3 is 2.19 bits per heavy atom. The van der Waals surface area contributed by atoms with Gasteiger partial charge in [-0.3, -0.25) is 0 Å². The molecular weight excluding hydrogens is 283 g/mol. The maximum Gasteiger partial charge on any atom is 0.140 e. The third-order valence-electron chi connectivity index (χ3n) is 3.36. The fourth-order valence-corrected chi connectivity index (χ4v) is 2.64. The molecule has 0 spiro atoms. The number of aryl methyl sites for hydroxylation is 1. The van der Waals surface area contributed by atoms with Gasteiger partial charge in [0.25, 0.3) is 0 Å². The molecule has 1 heterocycles. The van der Waals surface area contributed by atoms with Gasteiger partial charge in [-0.2, -0.15) is 0 Å². The SMILES string of the molecule is CSc1ccc(-c2nc(-c3ccc(F)cc3)cn2C)cc1. The third-order valence-corrected chi connectivity index (χ3v) is 4.11. The van der Waals surface area contributed by atoms with Crippen LogP contribution in [0.4, 0.5) is 4.39 Å². The summed E-state index contributed by atoms with van der Waals surface area (Å²) in [4.78, 5) is 5.90. The first kappa shape index (κ1) is 13.9. The van der Waals surface area contributed by atoms with Gasteiger partial charge in [-0.1, -0.05) is 12.1 Å². The highest BCUT2D eigenvalue weighted by Crippen LogP contribution is 2.26. The van der Waals surface area contributed by atoms with Crippen LogP contribution < -0.4 is 0 Å². The first-order valence-electron chi connectivity index (χ1n) is 6.61. The van der Waals surface area contributed by atoms with Crippen LogP contribution in [0, 0.1) is 5.82 Å². The normalized spacial score (nSPS) is 10.8. The summed E-state index contributed by atoms with van der Waals surface area (Å²) in [5, 5.41) is 0. The largest absolute Gasteiger partial charge is 0.333 e. The van der Waals surface area contributed by atoms with Gasteiger partial charge in [-0.15, -0.1) is 11.8 Å². The van der Waals surface area contributed by atoms with Crippen LogP contribution >= 0.6 is 11.8 Å². The van der Waals surface area contributed by atoms with Crippen LogP contribution in [0.2, 0.25) is 0 Å². The predicted octanol–water partition coefficient (Wildman–Crippen LogP) is 4.62. The molecule has 0 aliphatic heterocycles. The molecule has 0 fully saturated rings. The summed E-state index contributed by atoms with van der Waals surface area (Å²) in [5.74, 6) is 0.671. The molecule has 0 N–H and O–H groups in total. The van der Waals surface area contributed by atoms with Gasteiger partial charge in [-0.05, 0) is 42.7 Å². The summed E-state index contributed by atoms with van der Waals surface area (Å²) in [7, 11) is 1.97. The number of thioether (sulfide) groups is 1. The molecule has 106 valence electrons. The molecule has 21 heavy (non-hydrogen) atoms. The van der Waals surface area contributed by atoms with Crippen LogP contribution in [-0.4, -0.2) is 15.8 Å². The number of rotatable bonds is 3. The second-order valence-corrected chi connectivity index (χ2v) is 5.68. The standard InChI is InChI=1S/C17H15FN2S/c1-20-11-16(12-3-7-14(18)8-4-12)19-17(20)13-5-9-15(21-2)10-6-13/h3-11H,1-2H3. The first-order chi connectivity index (χ1) is 10.2. The molecule has 2 aromatic carbocycles. The van der Waals surface area contributed by atoms with Gasteiger partial charge in [0.05, 0.1) is 5.69 Å². The van der Waals surface area contributed by atoms with Gasteiger partial charge in [0.2, 0.25) is 0 Å². The summed E-state index contributed by atoms with van der Waals surface area (Å²) in [5.41, 5.74) is 2.84. The zero-order valence-corrected chi connectivity index (χ0v) is 12.7. The van der Waals surface area contributed by atoms with Crippen LogP contribution in [0.15, 0.2) is 59.6 Å². The lowest BCUT2D eigenvalue weighted by Crippen LogP contribution is -1.90. The Balaban J connectivity index is 1.98. The van der Waals surface area contributed by atoms with Crippen LogP contribution in [0.5, 0.6) is 0 Å². The Bertz CT molecular complexity index is 745. The molecule has 0 amide bonds. The number of aromatic nitrogens is 2. The number of hydrogen-bond acceptors (Lipinski definition) is 2. The quantitative estimate of drug-likeness (QED) is 0.657. The number of nitrogens with zero attached hydrogens (tertiary/aromatic N) is 2. The smallest absolute Gasteiger partial charge is 0.140 e. The number of imidazole rings is 1. The van der Waals surface area contributed by atoms with Gasteiger partial charge in [0, 0.05) is 29.3 Å². The summed E-state index contributed by atoms with van der Waals surface area (Å²) in [6.07, 6.45) is 4.02. The van der Waals surface area contributed by atoms with E-state index in [-0.39, 0.29) is 5.82 Å². The van der Waals surface area contributed by atoms with Gasteiger partial charge >= 0.3 is 0 Å². The zero-order chi connectivity index (χ0) is 14.8. The maximum atomic E-state index is 13.0. The number of hydrogen-bond donors (Lipinski definition) is 0. The molecule has 0 unspecified atom stereocenters. The van der Waals surface area contributed by atoms with Crippen molar-refractivity contribution in [2.75, 3.05) is 6.26 Å². The molecule has 0 aliphatic rings. The fraction of sp³-hybridized carbons (Fsp3) is 0.118. The minimum Gasteiger partial charge on any atom is -0.333 e. The summed E-state index contributed by atoms with van der Waals surface area (Å²) in [6.45, 7) is 0. The number of benzene rings is 2. The molecule has 0 aliphatic carbocycles. The third kappa shape index (κ3) is 2.85. The average Bonchev–Trinajstić information content (AvgIpc) is 2.90. The first-order valence-corrected chi connectivity index (χ1v) is 7.83. The highest BCUT2D eigenvalue weighted by molar-refractivity contribution is 7.98. The topological polar surface area (TPSA) is 17.8 Å². The van der Waals surface area contributed by atoms with E-state index < -0.39 is 0 Å². The minimum absolute atomic E-state index is 0.234. The second-order valence-electron chi connectivity index (χ2n) is 4.80. The van der Waals surface area contributed by atoms with Crippen molar-refractivity contribution in [2.45, 2.75) is 4.90 Å². The Morgan fingerprint density at radius 2 is 1.57 bits per heavy atom. The molecule has 3 rings (SSSR count). The molecule has 0 saturated carbocycles. The van der Waals surface area contributed by atoms with Crippen LogP contribution in [0.25, 0.3) is 22.6 Å². The van der Waals surface area contributed by atoms with E-state index in [1.165, 1.54) is 17.0 Å². The van der Waals surface area contributed by atoms with E-state index in [1.807, 2.05) is 17.8 Å². The van der Waals surface area contributed by atoms with Gasteiger partial charge in [-0.25, -0.2) is 9.37 Å². The highest BCUT2D eigenvalue weighted by Gasteiger charge is 2.09. The van der Waals surface area contributed by atoms with Crippen molar-refractivity contribution in [1.82, 2.24) is 9.55 Å². The Morgan fingerprint density at radius 1 is 0.952 bits per heavy atom. The lowest BCUT2D eigenvalue weighted by atomic mass is 10.2. The lowest BCUT2D eigenvalue weighted by molar-refractivity contribution is 0.628. The van der Waals surface area contributed by atoms with Crippen molar-refractivity contribution in [2.24, 2.45) is 7.05 Å². The Hall–Kier alpha value is -2.07. The molecule has 0 atom stereocenters. The van der Waals surface area contributed by atoms with E-state index in [4.69, 9.17) is 0 Å². The Labute approximate surface area is 127 Å². The Kier molecular flexibility index (Phi) is 3.80. The summed E-state index contributed by atoms with van der Waals surface area (Å²) >= 11 is 1.72. The van der Waals surface area contributed by atoms with Crippen molar-refractivity contribution in [3.63, 3.8) is 0 Å². The second kappa shape index (κ2) is 5.74. The monoisotopic (exact) mass is 298 g/mol. The highest BCUT2D eigenvalue weighted by atomic mass is 32.2. The van der Waals surface area contributed by atoms with Gasteiger partial charge in [0.15, 0.2) is 0 Å². The molecule has 1 aromatic heterocycles. The average molecular weight is 298 g/mol. The predicted molar refractivity (Wildman–Crippen MR) is 85.8 cm³/mol. The molecule has 4 heteroatoms. The van der Waals surface area contributed by atoms with Crippen LogP contribution in [0.3, 0.4) is 0 Å². The van der Waals surface area contributed by atoms with Crippen molar-refractivity contribution in [3.8, 4) is 22.6 Å². The lowest BCUT2D eigenvalue weighted by Gasteiger charge is -2.02. The summed E-state index contributed by atoms with van der Waals surface area (Å²) in [6, 6.07) is 14.7.